The average molecular weight is 413 g/mol. The van der Waals surface area contributed by atoms with E-state index in [1.807, 2.05) is 43.3 Å². The van der Waals surface area contributed by atoms with Crippen molar-refractivity contribution in [3.05, 3.63) is 59.7 Å². The maximum atomic E-state index is 12.2. The van der Waals surface area contributed by atoms with Crippen molar-refractivity contribution in [2.75, 3.05) is 16.4 Å². The van der Waals surface area contributed by atoms with Gasteiger partial charge in [-0.05, 0) is 54.7 Å². The van der Waals surface area contributed by atoms with Crippen LogP contribution in [0.5, 0.6) is 0 Å². The molecule has 3 aromatic rings. The van der Waals surface area contributed by atoms with Crippen LogP contribution in [0.2, 0.25) is 0 Å². The highest BCUT2D eigenvalue weighted by Gasteiger charge is 2.09. The standard InChI is InChI=1S/C21H24N4OS2/c1-4-15(3)16-8-10-17(11-9-16)22-19(26)13-27-21-25-24-20(28-21)23-18-7-5-6-14(2)12-18/h5-12,15H,4,13H2,1-3H3,(H,22,26)(H,23,24)/t15-/m1/s1. The number of amides is 1. The molecule has 0 saturated carbocycles. The number of carbonyl (C=O) groups excluding carboxylic acids is 1. The first-order chi connectivity index (χ1) is 13.5. The van der Waals surface area contributed by atoms with Crippen LogP contribution in [0.25, 0.3) is 0 Å². The first kappa shape index (κ1) is 20.4. The second kappa shape index (κ2) is 9.71. The van der Waals surface area contributed by atoms with Crippen molar-refractivity contribution in [3.63, 3.8) is 0 Å². The molecule has 0 radical (unpaired) electrons. The van der Waals surface area contributed by atoms with Crippen LogP contribution in [0.4, 0.5) is 16.5 Å². The summed E-state index contributed by atoms with van der Waals surface area (Å²) in [6.07, 6.45) is 1.10. The van der Waals surface area contributed by atoms with E-state index in [1.165, 1.54) is 34.2 Å². The minimum atomic E-state index is -0.0512. The summed E-state index contributed by atoms with van der Waals surface area (Å²) >= 11 is 2.83. The van der Waals surface area contributed by atoms with Gasteiger partial charge in [0.15, 0.2) is 4.34 Å². The Balaban J connectivity index is 1.49. The Bertz CT molecular complexity index is 924. The maximum absolute atomic E-state index is 12.2. The Morgan fingerprint density at radius 2 is 1.93 bits per heavy atom. The van der Waals surface area contributed by atoms with Crippen LogP contribution in [0, 0.1) is 6.92 Å². The number of carbonyl (C=O) groups is 1. The molecule has 0 aliphatic heterocycles. The fourth-order valence-corrected chi connectivity index (χ4v) is 4.19. The van der Waals surface area contributed by atoms with Crippen molar-refractivity contribution >= 4 is 45.5 Å². The lowest BCUT2D eigenvalue weighted by atomic mass is 9.99. The van der Waals surface area contributed by atoms with E-state index in [0.29, 0.717) is 16.8 Å². The summed E-state index contributed by atoms with van der Waals surface area (Å²) in [4.78, 5) is 12.2. The van der Waals surface area contributed by atoms with Crippen molar-refractivity contribution in [3.8, 4) is 0 Å². The van der Waals surface area contributed by atoms with Crippen LogP contribution in [0.1, 0.15) is 37.3 Å². The van der Waals surface area contributed by atoms with E-state index in [2.05, 4.69) is 46.8 Å². The van der Waals surface area contributed by atoms with Crippen LogP contribution in [0.3, 0.4) is 0 Å². The number of benzene rings is 2. The smallest absolute Gasteiger partial charge is 0.234 e. The van der Waals surface area contributed by atoms with Gasteiger partial charge in [0.25, 0.3) is 0 Å². The van der Waals surface area contributed by atoms with Gasteiger partial charge < -0.3 is 10.6 Å². The maximum Gasteiger partial charge on any atom is 0.234 e. The number of aryl methyl sites for hydroxylation is 1. The number of hydrogen-bond donors (Lipinski definition) is 2. The Hall–Kier alpha value is -2.38. The first-order valence-corrected chi connectivity index (χ1v) is 11.0. The Kier molecular flexibility index (Phi) is 7.06. The van der Waals surface area contributed by atoms with Gasteiger partial charge in [-0.3, -0.25) is 4.79 Å². The number of rotatable bonds is 8. The summed E-state index contributed by atoms with van der Waals surface area (Å²) in [6.45, 7) is 6.42. The van der Waals surface area contributed by atoms with Gasteiger partial charge in [-0.25, -0.2) is 0 Å². The lowest BCUT2D eigenvalue weighted by molar-refractivity contribution is -0.113. The minimum absolute atomic E-state index is 0.0512. The third-order valence-electron chi connectivity index (χ3n) is 4.38. The molecule has 0 unspecified atom stereocenters. The fraction of sp³-hybridized carbons (Fsp3) is 0.286. The Labute approximate surface area is 174 Å². The van der Waals surface area contributed by atoms with Gasteiger partial charge in [0.2, 0.25) is 11.0 Å². The molecule has 146 valence electrons. The number of thioether (sulfide) groups is 1. The van der Waals surface area contributed by atoms with E-state index < -0.39 is 0 Å². The molecule has 0 aliphatic carbocycles. The van der Waals surface area contributed by atoms with Gasteiger partial charge in [-0.2, -0.15) is 0 Å². The normalized spacial score (nSPS) is 11.8. The van der Waals surface area contributed by atoms with E-state index in [1.54, 1.807) is 0 Å². The van der Waals surface area contributed by atoms with Gasteiger partial charge in [0, 0.05) is 11.4 Å². The lowest BCUT2D eigenvalue weighted by Gasteiger charge is -2.10. The van der Waals surface area contributed by atoms with E-state index in [4.69, 9.17) is 0 Å². The van der Waals surface area contributed by atoms with E-state index in [9.17, 15) is 4.79 Å². The highest BCUT2D eigenvalue weighted by molar-refractivity contribution is 8.01. The van der Waals surface area contributed by atoms with Crippen LogP contribution in [-0.2, 0) is 4.79 Å². The minimum Gasteiger partial charge on any atom is -0.330 e. The third kappa shape index (κ3) is 5.81. The molecule has 1 atom stereocenters. The second-order valence-electron chi connectivity index (χ2n) is 6.64. The molecule has 7 heteroatoms. The second-order valence-corrected chi connectivity index (χ2v) is 8.84. The summed E-state index contributed by atoms with van der Waals surface area (Å²) in [5, 5.41) is 15.2. The van der Waals surface area contributed by atoms with Crippen molar-refractivity contribution in [1.82, 2.24) is 10.2 Å². The molecular weight excluding hydrogens is 388 g/mol. The van der Waals surface area contributed by atoms with E-state index in [-0.39, 0.29) is 5.91 Å². The summed E-state index contributed by atoms with van der Waals surface area (Å²) in [7, 11) is 0. The molecule has 0 aliphatic rings. The quantitative estimate of drug-likeness (QED) is 0.455. The summed E-state index contributed by atoms with van der Waals surface area (Å²) < 4.78 is 0.762. The van der Waals surface area contributed by atoms with Crippen molar-refractivity contribution in [2.45, 2.75) is 37.4 Å². The van der Waals surface area contributed by atoms with Crippen molar-refractivity contribution < 1.29 is 4.79 Å². The van der Waals surface area contributed by atoms with Crippen LogP contribution >= 0.6 is 23.1 Å². The lowest BCUT2D eigenvalue weighted by Crippen LogP contribution is -2.13. The zero-order valence-corrected chi connectivity index (χ0v) is 17.9. The number of nitrogens with zero attached hydrogens (tertiary/aromatic N) is 2. The zero-order valence-electron chi connectivity index (χ0n) is 16.2. The van der Waals surface area contributed by atoms with E-state index >= 15 is 0 Å². The Morgan fingerprint density at radius 3 is 2.64 bits per heavy atom. The highest BCUT2D eigenvalue weighted by Crippen LogP contribution is 2.28. The van der Waals surface area contributed by atoms with E-state index in [0.717, 1.165) is 22.1 Å². The Morgan fingerprint density at radius 1 is 1.14 bits per heavy atom. The number of nitrogens with one attached hydrogen (secondary N) is 2. The highest BCUT2D eigenvalue weighted by atomic mass is 32.2. The third-order valence-corrected chi connectivity index (χ3v) is 6.35. The molecule has 3 rings (SSSR count). The van der Waals surface area contributed by atoms with Gasteiger partial charge in [-0.1, -0.05) is 61.2 Å². The molecule has 2 aromatic carbocycles. The molecule has 0 fully saturated rings. The molecule has 2 N–H and O–H groups in total. The van der Waals surface area contributed by atoms with Gasteiger partial charge in [0.05, 0.1) is 5.75 Å². The summed E-state index contributed by atoms with van der Waals surface area (Å²) in [5.41, 5.74) is 4.26. The molecule has 1 amide bonds. The average Bonchev–Trinajstić information content (AvgIpc) is 3.14. The number of aromatic nitrogens is 2. The summed E-state index contributed by atoms with van der Waals surface area (Å²) in [5.74, 6) is 0.775. The van der Waals surface area contributed by atoms with Crippen molar-refractivity contribution in [1.29, 1.82) is 0 Å². The van der Waals surface area contributed by atoms with Gasteiger partial charge in [0.1, 0.15) is 0 Å². The molecule has 1 aromatic heterocycles. The molecule has 0 saturated heterocycles. The van der Waals surface area contributed by atoms with Crippen LogP contribution < -0.4 is 10.6 Å². The fourth-order valence-electron chi connectivity index (χ4n) is 2.62. The molecule has 28 heavy (non-hydrogen) atoms. The largest absolute Gasteiger partial charge is 0.330 e. The predicted molar refractivity (Wildman–Crippen MR) is 119 cm³/mol. The SMILES string of the molecule is CC[C@@H](C)c1ccc(NC(=O)CSc2nnc(Nc3cccc(C)c3)s2)cc1. The molecule has 5 nitrogen and oxygen atoms in total. The van der Waals surface area contributed by atoms with Gasteiger partial charge >= 0.3 is 0 Å². The topological polar surface area (TPSA) is 66.9 Å². The first-order valence-electron chi connectivity index (χ1n) is 9.23. The monoisotopic (exact) mass is 412 g/mol. The van der Waals surface area contributed by atoms with Crippen LogP contribution in [-0.4, -0.2) is 21.9 Å². The predicted octanol–water partition coefficient (Wildman–Crippen LogP) is 5.83. The van der Waals surface area contributed by atoms with Gasteiger partial charge in [-0.15, -0.1) is 10.2 Å². The van der Waals surface area contributed by atoms with Crippen molar-refractivity contribution in [2.24, 2.45) is 0 Å². The molecule has 1 heterocycles. The molecular formula is C21H24N4OS2. The van der Waals surface area contributed by atoms with Crippen LogP contribution in [0.15, 0.2) is 52.9 Å². The number of anilines is 3. The molecule has 0 spiro atoms. The number of hydrogen-bond acceptors (Lipinski definition) is 6. The summed E-state index contributed by atoms with van der Waals surface area (Å²) in [6, 6.07) is 16.1. The molecule has 0 bridgehead atoms. The zero-order chi connectivity index (χ0) is 19.9.